The van der Waals surface area contributed by atoms with E-state index in [1.807, 2.05) is 60.0 Å². The lowest BCUT2D eigenvalue weighted by Gasteiger charge is -2.30. The number of amides is 1. The summed E-state index contributed by atoms with van der Waals surface area (Å²) in [4.78, 5) is 49.4. The molecule has 0 spiro atoms. The van der Waals surface area contributed by atoms with Crippen molar-refractivity contribution in [1.82, 2.24) is 40.1 Å². The van der Waals surface area contributed by atoms with Crippen LogP contribution in [-0.2, 0) is 30.3 Å². The largest absolute Gasteiger partial charge is 0.569 e. The van der Waals surface area contributed by atoms with E-state index >= 15 is 0 Å². The van der Waals surface area contributed by atoms with Crippen LogP contribution in [-0.4, -0.2) is 122 Å². The molecular weight excluding hydrogens is 768 g/mol. The van der Waals surface area contributed by atoms with Gasteiger partial charge in [-0.2, -0.15) is 4.98 Å². The van der Waals surface area contributed by atoms with E-state index in [9.17, 15) is 19.6 Å². The van der Waals surface area contributed by atoms with Gasteiger partial charge in [0.05, 0.1) is 61.0 Å². The third-order valence-electron chi connectivity index (χ3n) is 9.14. The number of carbonyl (C=O) groups excluding carboxylic acids is 3. The lowest BCUT2D eigenvalue weighted by Crippen LogP contribution is -2.50. The van der Waals surface area contributed by atoms with Crippen molar-refractivity contribution in [1.29, 1.82) is 0 Å². The maximum absolute atomic E-state index is 13.5. The topological polar surface area (TPSA) is 224 Å². The van der Waals surface area contributed by atoms with Crippen molar-refractivity contribution < 1.29 is 47.9 Å². The number of rotatable bonds is 18. The Morgan fingerprint density at radius 3 is 2.37 bits per heavy atom. The minimum absolute atomic E-state index is 0.0557. The molecule has 5 aromatic rings. The van der Waals surface area contributed by atoms with Crippen molar-refractivity contribution in [3.8, 4) is 28.5 Å². The van der Waals surface area contributed by atoms with Crippen LogP contribution >= 0.6 is 0 Å². The van der Waals surface area contributed by atoms with Crippen LogP contribution in [0.15, 0.2) is 72.0 Å². The van der Waals surface area contributed by atoms with E-state index in [0.29, 0.717) is 86.4 Å². The molecule has 0 radical (unpaired) electrons. The lowest BCUT2D eigenvalue weighted by molar-refractivity contribution is -0.712. The fraction of sp³-hybridized carbons (Fsp3) is 0.410. The number of tetrazole rings is 1. The third-order valence-corrected chi connectivity index (χ3v) is 9.14. The summed E-state index contributed by atoms with van der Waals surface area (Å²) in [6.45, 7) is 7.50. The summed E-state index contributed by atoms with van der Waals surface area (Å²) >= 11 is 0. The van der Waals surface area contributed by atoms with Crippen molar-refractivity contribution in [3.63, 3.8) is 0 Å². The zero-order valence-electron chi connectivity index (χ0n) is 33.0. The van der Waals surface area contributed by atoms with E-state index in [4.69, 9.17) is 28.5 Å². The second-order valence-corrected chi connectivity index (χ2v) is 13.1. The van der Waals surface area contributed by atoms with E-state index in [1.54, 1.807) is 25.1 Å². The minimum Gasteiger partial charge on any atom is -0.569 e. The summed E-state index contributed by atoms with van der Waals surface area (Å²) in [7, 11) is 0. The zero-order valence-corrected chi connectivity index (χ0v) is 33.0. The molecule has 1 aliphatic rings. The number of aromatic amines is 1. The normalized spacial score (nSPS) is 13.5. The van der Waals surface area contributed by atoms with Crippen LogP contribution in [0.3, 0.4) is 0 Å². The summed E-state index contributed by atoms with van der Waals surface area (Å²) < 4.78 is 28.5. The Morgan fingerprint density at radius 1 is 0.881 bits per heavy atom. The number of carbonyl (C=O) groups is 3. The number of hydrogen-bond donors (Lipinski definition) is 1. The quantitative estimate of drug-likeness (QED) is 0.0212. The number of imidazole rings is 1. The van der Waals surface area contributed by atoms with Crippen molar-refractivity contribution in [2.24, 2.45) is 5.28 Å². The molecule has 1 amide bonds. The van der Waals surface area contributed by atoms with Gasteiger partial charge in [0.25, 0.3) is 6.01 Å². The van der Waals surface area contributed by atoms with Gasteiger partial charge >= 0.3 is 18.2 Å². The smallest absolute Gasteiger partial charge is 0.511 e. The van der Waals surface area contributed by atoms with Crippen LogP contribution in [0.4, 0.5) is 9.59 Å². The fourth-order valence-corrected chi connectivity index (χ4v) is 6.32. The van der Waals surface area contributed by atoms with E-state index in [1.165, 1.54) is 16.8 Å². The van der Waals surface area contributed by atoms with Gasteiger partial charge in [0.2, 0.25) is 11.6 Å². The number of fused-ring (bicyclic) bond motifs is 1. The van der Waals surface area contributed by atoms with Gasteiger partial charge < -0.3 is 38.6 Å². The first-order valence-electron chi connectivity index (χ1n) is 19.3. The Labute approximate surface area is 339 Å². The molecule has 3 heterocycles. The summed E-state index contributed by atoms with van der Waals surface area (Å²) in [5.74, 6) is -0.165. The number of ether oxygens (including phenoxy) is 5. The number of hydrogen-bond acceptors (Lipinski definition) is 15. The van der Waals surface area contributed by atoms with Crippen molar-refractivity contribution in [2.45, 2.75) is 52.9 Å². The molecule has 312 valence electrons. The van der Waals surface area contributed by atoms with Gasteiger partial charge in [0, 0.05) is 25.6 Å². The van der Waals surface area contributed by atoms with Gasteiger partial charge in [-0.25, -0.2) is 19.5 Å². The van der Waals surface area contributed by atoms with Crippen LogP contribution in [0.2, 0.25) is 0 Å². The van der Waals surface area contributed by atoms with Gasteiger partial charge in [-0.3, -0.25) is 4.57 Å². The minimum atomic E-state index is -1.26. The second-order valence-electron chi connectivity index (χ2n) is 13.1. The highest BCUT2D eigenvalue weighted by atomic mass is 16.8. The van der Waals surface area contributed by atoms with Gasteiger partial charge in [0.1, 0.15) is 6.61 Å². The van der Waals surface area contributed by atoms with Gasteiger partial charge in [0.15, 0.2) is 5.82 Å². The van der Waals surface area contributed by atoms with Gasteiger partial charge in [-0.15, -0.1) is 10.1 Å². The number of H-pyrrole nitrogens is 1. The first kappa shape index (κ1) is 41.6. The predicted octanol–water partition coefficient (Wildman–Crippen LogP) is 5.74. The van der Waals surface area contributed by atoms with Crippen LogP contribution in [0, 0.1) is 5.21 Å². The number of hydrazine groups is 1. The zero-order chi connectivity index (χ0) is 41.6. The van der Waals surface area contributed by atoms with E-state index < -0.39 is 24.5 Å². The Kier molecular flexibility index (Phi) is 14.4. The highest BCUT2D eigenvalue weighted by Crippen LogP contribution is 2.31. The number of unbranched alkanes of at least 4 members (excludes halogenated alkanes) is 2. The molecule has 1 N–H and O–H groups in total. The van der Waals surface area contributed by atoms with Gasteiger partial charge in [-0.1, -0.05) is 54.6 Å². The molecular formula is C39H46N10O10. The maximum Gasteiger partial charge on any atom is 0.511 e. The molecule has 20 heteroatoms. The number of para-hydroxylation sites is 1. The van der Waals surface area contributed by atoms with Crippen LogP contribution < -0.4 is 4.74 Å². The molecule has 0 aliphatic carbocycles. The number of aromatic nitrogens is 6. The standard InChI is InChI=1S/C39H46N10O10/c1-4-54-37-40-33-15-11-14-32(34(33)48(37)26-28-16-18-29(19-17-28)30-12-7-8-13-31(30)35-41-43-44-42-35)36(50)58-27(3)59-39(52)56-24-9-6-10-25-57-45-49(53)47-22-20-46(21-23-47)38(51)55-5-2/h7-8,11-19,27H,4-6,9-10,20-26H2,1-3H3,(H,41,42,43,44)/b49-45-. The molecule has 1 aliphatic heterocycles. The Balaban J connectivity index is 0.968. The molecule has 1 saturated heterocycles. The molecule has 2 aromatic heterocycles. The summed E-state index contributed by atoms with van der Waals surface area (Å²) in [6.07, 6.45) is -0.992. The summed E-state index contributed by atoms with van der Waals surface area (Å²) in [5, 5.41) is 31.5. The van der Waals surface area contributed by atoms with Crippen LogP contribution in [0.1, 0.15) is 56.0 Å². The predicted molar refractivity (Wildman–Crippen MR) is 208 cm³/mol. The fourth-order valence-electron chi connectivity index (χ4n) is 6.32. The Morgan fingerprint density at radius 2 is 1.64 bits per heavy atom. The molecule has 59 heavy (non-hydrogen) atoms. The average molecular weight is 815 g/mol. The second kappa shape index (κ2) is 20.4. The maximum atomic E-state index is 13.5. The summed E-state index contributed by atoms with van der Waals surface area (Å²) in [6, 6.07) is 21.2. The Bertz CT molecular complexity index is 2190. The molecule has 1 fully saturated rings. The van der Waals surface area contributed by atoms with E-state index in [-0.39, 0.29) is 25.4 Å². The average Bonchev–Trinajstić information content (AvgIpc) is 3.91. The number of nitrogens with zero attached hydrogens (tertiary/aromatic N) is 9. The molecule has 0 bridgehead atoms. The molecule has 1 atom stereocenters. The molecule has 20 nitrogen and oxygen atoms in total. The SMILES string of the molecule is CCOC(=O)N1CCN(/[N+]([O-])=N/OCCCCCOC(=O)OC(C)OC(=O)c2cccc3nc(OCC)n(Cc4ccc(-c5ccccc5-c5nnn[nH]5)cc4)c23)CC1. The molecule has 0 saturated carbocycles. The number of esters is 1. The number of benzene rings is 3. The summed E-state index contributed by atoms with van der Waals surface area (Å²) in [5.41, 5.74) is 4.93. The van der Waals surface area contributed by atoms with E-state index in [2.05, 4.69) is 30.9 Å². The number of nitrogens with one attached hydrogen (secondary N) is 1. The highest BCUT2D eigenvalue weighted by molar-refractivity contribution is 6.02. The Hall–Kier alpha value is -6.99. The first-order chi connectivity index (χ1) is 28.7. The van der Waals surface area contributed by atoms with Crippen molar-refractivity contribution in [3.05, 3.63) is 83.1 Å². The van der Waals surface area contributed by atoms with Gasteiger partial charge in [-0.05, 0) is 72.4 Å². The van der Waals surface area contributed by atoms with Crippen LogP contribution in [0.5, 0.6) is 6.01 Å². The third kappa shape index (κ3) is 10.9. The lowest BCUT2D eigenvalue weighted by atomic mass is 9.98. The van der Waals surface area contributed by atoms with Crippen LogP contribution in [0.25, 0.3) is 33.5 Å². The molecule has 1 unspecified atom stereocenters. The monoisotopic (exact) mass is 814 g/mol. The molecule has 6 rings (SSSR count). The molecule has 3 aromatic carbocycles. The highest BCUT2D eigenvalue weighted by Gasteiger charge is 2.27. The van der Waals surface area contributed by atoms with Crippen molar-refractivity contribution in [2.75, 3.05) is 52.6 Å². The first-order valence-corrected chi connectivity index (χ1v) is 19.3. The van der Waals surface area contributed by atoms with Crippen molar-refractivity contribution >= 4 is 29.3 Å². The number of piperazine rings is 1. The van der Waals surface area contributed by atoms with E-state index in [0.717, 1.165) is 22.3 Å².